The lowest BCUT2D eigenvalue weighted by Crippen LogP contribution is -2.12. The van der Waals surface area contributed by atoms with Crippen molar-refractivity contribution < 1.29 is 9.72 Å². The summed E-state index contributed by atoms with van der Waals surface area (Å²) in [6, 6.07) is 23.2. The lowest BCUT2D eigenvalue weighted by atomic mass is 10.2. The number of nitro benzene ring substituents is 1. The molecule has 0 aliphatic heterocycles. The minimum Gasteiger partial charge on any atom is -0.396 e. The first-order valence-corrected chi connectivity index (χ1v) is 12.0. The Morgan fingerprint density at radius 3 is 2.14 bits per heavy atom. The van der Waals surface area contributed by atoms with Crippen LogP contribution in [0.3, 0.4) is 0 Å². The summed E-state index contributed by atoms with van der Waals surface area (Å²) in [5.74, 6) is -0.406. The van der Waals surface area contributed by atoms with E-state index in [0.717, 1.165) is 32.4 Å². The molecule has 8 nitrogen and oxygen atoms in total. The third-order valence-corrected chi connectivity index (χ3v) is 7.10. The number of non-ortho nitro benzene ring substituents is 1. The number of nitro groups is 1. The summed E-state index contributed by atoms with van der Waals surface area (Å²) in [6.45, 7) is 1.98. The minimum absolute atomic E-state index is 0.0389. The highest BCUT2D eigenvalue weighted by Gasteiger charge is 2.21. The maximum absolute atomic E-state index is 12.9. The zero-order chi connectivity index (χ0) is 24.9. The fourth-order valence-electron chi connectivity index (χ4n) is 3.15. The lowest BCUT2D eigenvalue weighted by Gasteiger charge is -2.06. The smallest absolute Gasteiger partial charge is 0.269 e. The second-order valence-corrected chi connectivity index (χ2v) is 9.65. The number of carbonyl (C=O) groups is 1. The third-order valence-electron chi connectivity index (χ3n) is 4.97. The van der Waals surface area contributed by atoms with Crippen molar-refractivity contribution in [3.63, 3.8) is 0 Å². The van der Waals surface area contributed by atoms with Crippen LogP contribution < -0.4 is 16.4 Å². The number of amides is 1. The molecular formula is C25H19N5O3S2. The van der Waals surface area contributed by atoms with Crippen LogP contribution in [0.5, 0.6) is 0 Å². The molecule has 35 heavy (non-hydrogen) atoms. The quantitative estimate of drug-likeness (QED) is 0.193. The molecule has 0 unspecified atom stereocenters. The van der Waals surface area contributed by atoms with Crippen molar-refractivity contribution in [2.24, 2.45) is 0 Å². The Morgan fingerprint density at radius 1 is 1.00 bits per heavy atom. The van der Waals surface area contributed by atoms with Crippen LogP contribution >= 0.6 is 23.1 Å². The molecule has 0 aliphatic rings. The maximum Gasteiger partial charge on any atom is 0.269 e. The van der Waals surface area contributed by atoms with Crippen molar-refractivity contribution in [1.29, 1.82) is 5.26 Å². The topological polar surface area (TPSA) is 134 Å². The largest absolute Gasteiger partial charge is 0.396 e. The molecule has 4 N–H and O–H groups in total. The summed E-state index contributed by atoms with van der Waals surface area (Å²) in [7, 11) is 0. The first-order valence-electron chi connectivity index (χ1n) is 10.3. The molecule has 3 aromatic carbocycles. The van der Waals surface area contributed by atoms with Crippen LogP contribution in [-0.4, -0.2) is 10.8 Å². The number of thiophene rings is 1. The fraction of sp³-hybridized carbons (Fsp3) is 0.0400. The summed E-state index contributed by atoms with van der Waals surface area (Å²) in [6.07, 6.45) is 0. The van der Waals surface area contributed by atoms with Gasteiger partial charge in [0.15, 0.2) is 0 Å². The summed E-state index contributed by atoms with van der Waals surface area (Å²) < 4.78 is 0. The Balaban J connectivity index is 1.45. The van der Waals surface area contributed by atoms with Crippen LogP contribution in [0.25, 0.3) is 0 Å². The number of hydrogen-bond donors (Lipinski definition) is 3. The van der Waals surface area contributed by atoms with Crippen LogP contribution in [0, 0.1) is 28.4 Å². The van der Waals surface area contributed by atoms with E-state index in [9.17, 15) is 20.2 Å². The summed E-state index contributed by atoms with van der Waals surface area (Å²) in [5, 5.41) is 26.8. The van der Waals surface area contributed by atoms with Crippen molar-refractivity contribution in [1.82, 2.24) is 0 Å². The number of nitrogens with one attached hydrogen (secondary N) is 2. The fourth-order valence-corrected chi connectivity index (χ4v) is 4.95. The van der Waals surface area contributed by atoms with E-state index in [0.29, 0.717) is 10.7 Å². The number of hydrogen-bond acceptors (Lipinski definition) is 8. The molecule has 4 rings (SSSR count). The molecule has 0 saturated heterocycles. The van der Waals surface area contributed by atoms with Gasteiger partial charge in [0.1, 0.15) is 21.5 Å². The zero-order valence-corrected chi connectivity index (χ0v) is 20.1. The van der Waals surface area contributed by atoms with Gasteiger partial charge in [-0.1, -0.05) is 29.5 Å². The Morgan fingerprint density at radius 2 is 1.57 bits per heavy atom. The first kappa shape index (κ1) is 23.8. The molecule has 4 aromatic rings. The summed E-state index contributed by atoms with van der Waals surface area (Å²) in [5.41, 5.74) is 9.01. The number of benzene rings is 3. The number of nitrogens with two attached hydrogens (primary N) is 1. The molecule has 0 saturated carbocycles. The van der Waals surface area contributed by atoms with Crippen LogP contribution in [0.4, 0.5) is 27.8 Å². The van der Waals surface area contributed by atoms with Crippen molar-refractivity contribution >= 4 is 56.8 Å². The molecule has 0 aliphatic carbocycles. The van der Waals surface area contributed by atoms with Gasteiger partial charge in [0.25, 0.3) is 11.6 Å². The van der Waals surface area contributed by atoms with Gasteiger partial charge in [0, 0.05) is 33.3 Å². The van der Waals surface area contributed by atoms with E-state index in [2.05, 4.69) is 16.7 Å². The van der Waals surface area contributed by atoms with E-state index >= 15 is 0 Å². The van der Waals surface area contributed by atoms with Crippen LogP contribution in [0.1, 0.15) is 20.8 Å². The van der Waals surface area contributed by atoms with Crippen molar-refractivity contribution in [3.05, 3.63) is 98.9 Å². The SMILES string of the molecule is Cc1ccc(Nc2sc(C(=O)Nc3ccc(Sc4ccc([N+](=O)[O-])cc4)cc3)c(N)c2C#N)cc1. The highest BCUT2D eigenvalue weighted by Crippen LogP contribution is 2.37. The second-order valence-electron chi connectivity index (χ2n) is 7.48. The standard InChI is InChI=1S/C25H19N5O3S2/c1-15-2-4-17(5-3-15)29-25-21(14-26)22(27)23(35-25)24(31)28-16-6-10-19(11-7-16)34-20-12-8-18(9-13-20)30(32)33/h2-13,29H,27H2,1H3,(H,28,31). The summed E-state index contributed by atoms with van der Waals surface area (Å²) in [4.78, 5) is 25.3. The molecule has 0 radical (unpaired) electrons. The van der Waals surface area contributed by atoms with Crippen LogP contribution in [0.2, 0.25) is 0 Å². The van der Waals surface area contributed by atoms with E-state index in [1.165, 1.54) is 23.9 Å². The minimum atomic E-state index is -0.437. The van der Waals surface area contributed by atoms with Crippen molar-refractivity contribution in [2.45, 2.75) is 16.7 Å². The number of nitrogens with zero attached hydrogens (tertiary/aromatic N) is 2. The third kappa shape index (κ3) is 5.60. The van der Waals surface area contributed by atoms with Gasteiger partial charge in [-0.15, -0.1) is 11.3 Å². The molecule has 174 valence electrons. The van der Waals surface area contributed by atoms with Gasteiger partial charge in [0.05, 0.1) is 10.6 Å². The maximum atomic E-state index is 12.9. The molecule has 0 spiro atoms. The number of carbonyl (C=O) groups excluding carboxylic acids is 1. The van der Waals surface area contributed by atoms with Gasteiger partial charge < -0.3 is 16.4 Å². The van der Waals surface area contributed by atoms with E-state index < -0.39 is 10.8 Å². The highest BCUT2D eigenvalue weighted by atomic mass is 32.2. The molecule has 1 amide bonds. The number of aryl methyl sites for hydroxylation is 1. The molecule has 1 aromatic heterocycles. The van der Waals surface area contributed by atoms with Gasteiger partial charge in [-0.3, -0.25) is 14.9 Å². The zero-order valence-electron chi connectivity index (χ0n) is 18.4. The normalized spacial score (nSPS) is 10.4. The Kier molecular flexibility index (Phi) is 7.01. The number of nitrogen functional groups attached to an aromatic ring is 1. The van der Waals surface area contributed by atoms with Gasteiger partial charge in [-0.05, 0) is 55.5 Å². The molecule has 10 heteroatoms. The van der Waals surface area contributed by atoms with Crippen molar-refractivity contribution in [3.8, 4) is 6.07 Å². The lowest BCUT2D eigenvalue weighted by molar-refractivity contribution is -0.384. The molecule has 0 bridgehead atoms. The average Bonchev–Trinajstić information content (AvgIpc) is 3.17. The number of nitriles is 1. The van der Waals surface area contributed by atoms with Gasteiger partial charge in [-0.2, -0.15) is 5.26 Å². The first-order chi connectivity index (χ1) is 16.8. The molecule has 0 atom stereocenters. The predicted molar refractivity (Wildman–Crippen MR) is 140 cm³/mol. The van der Waals surface area contributed by atoms with Gasteiger partial charge in [0.2, 0.25) is 0 Å². The Labute approximate surface area is 209 Å². The Bertz CT molecular complexity index is 1420. The highest BCUT2D eigenvalue weighted by molar-refractivity contribution is 7.99. The number of rotatable bonds is 7. The molecule has 1 heterocycles. The van der Waals surface area contributed by atoms with Crippen LogP contribution in [0.15, 0.2) is 82.6 Å². The predicted octanol–water partition coefficient (Wildman–Crippen LogP) is 6.57. The van der Waals surface area contributed by atoms with Crippen molar-refractivity contribution in [2.75, 3.05) is 16.4 Å². The van der Waals surface area contributed by atoms with E-state index in [-0.39, 0.29) is 21.8 Å². The van der Waals surface area contributed by atoms with E-state index in [1.807, 2.05) is 43.3 Å². The average molecular weight is 502 g/mol. The number of anilines is 4. The molecule has 0 fully saturated rings. The van der Waals surface area contributed by atoms with Gasteiger partial charge >= 0.3 is 0 Å². The monoisotopic (exact) mass is 501 g/mol. The van der Waals surface area contributed by atoms with Crippen LogP contribution in [-0.2, 0) is 0 Å². The van der Waals surface area contributed by atoms with E-state index in [1.54, 1.807) is 24.3 Å². The second kappa shape index (κ2) is 10.3. The molecular weight excluding hydrogens is 482 g/mol. The van der Waals surface area contributed by atoms with E-state index in [4.69, 9.17) is 5.73 Å². The summed E-state index contributed by atoms with van der Waals surface area (Å²) >= 11 is 2.57. The van der Waals surface area contributed by atoms with Gasteiger partial charge in [-0.25, -0.2) is 0 Å². The Hall–Kier alpha value is -4.33.